The van der Waals surface area contributed by atoms with Crippen molar-refractivity contribution < 1.29 is 31.9 Å². The van der Waals surface area contributed by atoms with Gasteiger partial charge in [-0.1, -0.05) is 5.16 Å². The van der Waals surface area contributed by atoms with E-state index in [1.165, 1.54) is 11.4 Å². The van der Waals surface area contributed by atoms with E-state index in [0.717, 1.165) is 5.56 Å². The predicted molar refractivity (Wildman–Crippen MR) is 120 cm³/mol. The molecule has 1 aromatic heterocycles. The van der Waals surface area contributed by atoms with E-state index in [1.54, 1.807) is 33.0 Å². The van der Waals surface area contributed by atoms with Crippen LogP contribution in [0.5, 0.6) is 17.2 Å². The molecule has 33 heavy (non-hydrogen) atoms. The van der Waals surface area contributed by atoms with Crippen molar-refractivity contribution in [3.05, 3.63) is 29.2 Å². The number of carbonyl (C=O) groups excluding carboxylic acids is 1. The molecule has 3 rings (SSSR count). The number of aryl methyl sites for hydroxylation is 3. The SMILES string of the molecule is COc1cc(CCC(=O)N2CCCN(S(=O)(=O)c3c(C)noc3C)CC2)cc(OC)c1OC. The summed E-state index contributed by atoms with van der Waals surface area (Å²) >= 11 is 0. The predicted octanol–water partition coefficient (Wildman–Crippen LogP) is 2.17. The van der Waals surface area contributed by atoms with Gasteiger partial charge in [0, 0.05) is 32.6 Å². The third kappa shape index (κ3) is 5.25. The van der Waals surface area contributed by atoms with Crippen LogP contribution in [0.1, 0.15) is 29.9 Å². The second kappa shape index (κ2) is 10.4. The lowest BCUT2D eigenvalue weighted by Gasteiger charge is -2.22. The van der Waals surface area contributed by atoms with E-state index in [9.17, 15) is 13.2 Å². The third-order valence-corrected chi connectivity index (χ3v) is 7.87. The normalized spacial score (nSPS) is 15.2. The topological polar surface area (TPSA) is 111 Å². The summed E-state index contributed by atoms with van der Waals surface area (Å²) in [6, 6.07) is 3.66. The number of sulfonamides is 1. The molecular weight excluding hydrogens is 450 g/mol. The molecule has 0 bridgehead atoms. The maximum absolute atomic E-state index is 13.1. The summed E-state index contributed by atoms with van der Waals surface area (Å²) in [6.07, 6.45) is 1.33. The Hall–Kier alpha value is -2.79. The molecule has 1 aliphatic heterocycles. The van der Waals surface area contributed by atoms with Crippen LogP contribution in [0.2, 0.25) is 0 Å². The van der Waals surface area contributed by atoms with E-state index >= 15 is 0 Å². The van der Waals surface area contributed by atoms with Gasteiger partial charge in [-0.2, -0.15) is 4.31 Å². The lowest BCUT2D eigenvalue weighted by atomic mass is 10.1. The van der Waals surface area contributed by atoms with E-state index in [2.05, 4.69) is 5.16 Å². The number of amides is 1. The van der Waals surface area contributed by atoms with Crippen molar-refractivity contribution in [2.75, 3.05) is 47.5 Å². The first-order valence-electron chi connectivity index (χ1n) is 10.7. The first-order chi connectivity index (χ1) is 15.7. The molecule has 1 saturated heterocycles. The van der Waals surface area contributed by atoms with Crippen molar-refractivity contribution in [2.24, 2.45) is 0 Å². The maximum atomic E-state index is 13.1. The minimum atomic E-state index is -3.73. The number of nitrogens with zero attached hydrogens (tertiary/aromatic N) is 3. The number of hydrogen-bond donors (Lipinski definition) is 0. The maximum Gasteiger partial charge on any atom is 0.248 e. The fraction of sp³-hybridized carbons (Fsp3) is 0.545. The van der Waals surface area contributed by atoms with Gasteiger partial charge in [0.2, 0.25) is 21.7 Å². The van der Waals surface area contributed by atoms with Gasteiger partial charge in [-0.3, -0.25) is 4.79 Å². The Bertz CT molecular complexity index is 1050. The molecule has 1 amide bonds. The molecule has 10 nitrogen and oxygen atoms in total. The van der Waals surface area contributed by atoms with Gasteiger partial charge in [-0.25, -0.2) is 8.42 Å². The molecule has 1 aliphatic rings. The average molecular weight is 482 g/mol. The van der Waals surface area contributed by atoms with E-state index < -0.39 is 10.0 Å². The molecule has 0 unspecified atom stereocenters. The highest BCUT2D eigenvalue weighted by Gasteiger charge is 2.32. The Morgan fingerprint density at radius 2 is 1.70 bits per heavy atom. The number of ether oxygens (including phenoxy) is 3. The molecule has 0 radical (unpaired) electrons. The van der Waals surface area contributed by atoms with Crippen LogP contribution in [0, 0.1) is 13.8 Å². The molecule has 0 N–H and O–H groups in total. The number of benzene rings is 1. The van der Waals surface area contributed by atoms with Crippen LogP contribution >= 0.6 is 0 Å². The van der Waals surface area contributed by atoms with Gasteiger partial charge in [-0.15, -0.1) is 0 Å². The van der Waals surface area contributed by atoms with Crippen molar-refractivity contribution in [3.8, 4) is 17.2 Å². The van der Waals surface area contributed by atoms with Crippen LogP contribution in [0.4, 0.5) is 0 Å². The summed E-state index contributed by atoms with van der Waals surface area (Å²) in [6.45, 7) is 4.59. The zero-order chi connectivity index (χ0) is 24.2. The second-order valence-electron chi connectivity index (χ2n) is 7.83. The molecule has 182 valence electrons. The Labute approximate surface area is 194 Å². The van der Waals surface area contributed by atoms with Crippen LogP contribution in [-0.4, -0.2) is 76.2 Å². The van der Waals surface area contributed by atoms with E-state index in [4.69, 9.17) is 18.7 Å². The zero-order valence-electron chi connectivity index (χ0n) is 19.7. The van der Waals surface area contributed by atoms with Gasteiger partial charge < -0.3 is 23.6 Å². The van der Waals surface area contributed by atoms with Crippen molar-refractivity contribution >= 4 is 15.9 Å². The third-order valence-electron chi connectivity index (χ3n) is 5.73. The van der Waals surface area contributed by atoms with E-state index in [1.807, 2.05) is 12.1 Å². The molecule has 11 heteroatoms. The number of hydrogen-bond acceptors (Lipinski definition) is 8. The smallest absolute Gasteiger partial charge is 0.248 e. The number of carbonyl (C=O) groups is 1. The molecule has 2 heterocycles. The van der Waals surface area contributed by atoms with Crippen molar-refractivity contribution in [1.82, 2.24) is 14.4 Å². The lowest BCUT2D eigenvalue weighted by Crippen LogP contribution is -2.37. The monoisotopic (exact) mass is 481 g/mol. The van der Waals surface area contributed by atoms with Crippen LogP contribution in [0.3, 0.4) is 0 Å². The lowest BCUT2D eigenvalue weighted by molar-refractivity contribution is -0.131. The molecular formula is C22H31N3O7S. The Morgan fingerprint density at radius 3 is 2.24 bits per heavy atom. The molecule has 1 fully saturated rings. The van der Waals surface area contributed by atoms with E-state index in [0.29, 0.717) is 55.4 Å². The quantitative estimate of drug-likeness (QED) is 0.564. The number of rotatable bonds is 8. The summed E-state index contributed by atoms with van der Waals surface area (Å²) in [7, 11) is 0.904. The summed E-state index contributed by atoms with van der Waals surface area (Å²) in [5.74, 6) is 1.82. The highest BCUT2D eigenvalue weighted by molar-refractivity contribution is 7.89. The summed E-state index contributed by atoms with van der Waals surface area (Å²) in [5.41, 5.74) is 1.23. The minimum absolute atomic E-state index is 0.0275. The van der Waals surface area contributed by atoms with Gasteiger partial charge in [0.05, 0.1) is 21.3 Å². The van der Waals surface area contributed by atoms with Crippen molar-refractivity contribution in [2.45, 2.75) is 38.0 Å². The van der Waals surface area contributed by atoms with Crippen LogP contribution in [-0.2, 0) is 21.2 Å². The second-order valence-corrected chi connectivity index (χ2v) is 9.70. The average Bonchev–Trinajstić information content (AvgIpc) is 3.00. The Balaban J connectivity index is 1.65. The largest absolute Gasteiger partial charge is 0.493 e. The molecule has 1 aromatic carbocycles. The standard InChI is InChI=1S/C22H31N3O7S/c1-15-22(16(2)32-23-15)33(27,28)25-10-6-9-24(11-12-25)20(26)8-7-17-13-18(29-3)21(31-5)19(14-17)30-4/h13-14H,6-12H2,1-5H3. The van der Waals surface area contributed by atoms with Crippen LogP contribution in [0.15, 0.2) is 21.6 Å². The molecule has 0 saturated carbocycles. The molecule has 0 aliphatic carbocycles. The summed E-state index contributed by atoms with van der Waals surface area (Å²) in [4.78, 5) is 14.7. The first kappa shape index (κ1) is 24.8. The fourth-order valence-corrected chi connectivity index (χ4v) is 5.81. The Kier molecular flexibility index (Phi) is 7.85. The summed E-state index contributed by atoms with van der Waals surface area (Å²) < 4.78 is 48.7. The molecule has 0 spiro atoms. The van der Waals surface area contributed by atoms with Crippen LogP contribution < -0.4 is 14.2 Å². The summed E-state index contributed by atoms with van der Waals surface area (Å²) in [5, 5.41) is 3.76. The number of aromatic nitrogens is 1. The van der Waals surface area contributed by atoms with Crippen molar-refractivity contribution in [3.63, 3.8) is 0 Å². The Morgan fingerprint density at radius 1 is 1.03 bits per heavy atom. The van der Waals surface area contributed by atoms with Gasteiger partial charge in [-0.05, 0) is 44.4 Å². The van der Waals surface area contributed by atoms with Gasteiger partial charge >= 0.3 is 0 Å². The minimum Gasteiger partial charge on any atom is -0.493 e. The van der Waals surface area contributed by atoms with Crippen molar-refractivity contribution in [1.29, 1.82) is 0 Å². The molecule has 2 aromatic rings. The van der Waals surface area contributed by atoms with Gasteiger partial charge in [0.15, 0.2) is 17.3 Å². The van der Waals surface area contributed by atoms with Gasteiger partial charge in [0.25, 0.3) is 0 Å². The van der Waals surface area contributed by atoms with E-state index in [-0.39, 0.29) is 29.5 Å². The van der Waals surface area contributed by atoms with Gasteiger partial charge in [0.1, 0.15) is 10.6 Å². The zero-order valence-corrected chi connectivity index (χ0v) is 20.5. The van der Waals surface area contributed by atoms with Crippen LogP contribution in [0.25, 0.3) is 0 Å². The highest BCUT2D eigenvalue weighted by atomic mass is 32.2. The number of methoxy groups -OCH3 is 3. The molecule has 0 atom stereocenters. The fourth-order valence-electron chi connectivity index (χ4n) is 4.04. The highest BCUT2D eigenvalue weighted by Crippen LogP contribution is 2.38. The first-order valence-corrected chi connectivity index (χ1v) is 12.2.